The number of hydrogen-bond acceptors (Lipinski definition) is 4. The van der Waals surface area contributed by atoms with Gasteiger partial charge in [-0.3, -0.25) is 4.79 Å². The fourth-order valence-electron chi connectivity index (χ4n) is 3.73. The average molecular weight is 374 g/mol. The summed E-state index contributed by atoms with van der Waals surface area (Å²) in [6, 6.07) is 6.64. The van der Waals surface area contributed by atoms with Gasteiger partial charge >= 0.3 is 6.03 Å². The van der Waals surface area contributed by atoms with Crippen molar-refractivity contribution < 1.29 is 14.7 Å². The predicted octanol–water partition coefficient (Wildman–Crippen LogP) is 1.89. The van der Waals surface area contributed by atoms with Crippen LogP contribution < -0.4 is 10.6 Å². The summed E-state index contributed by atoms with van der Waals surface area (Å²) in [7, 11) is 2.05. The predicted molar refractivity (Wildman–Crippen MR) is 105 cm³/mol. The van der Waals surface area contributed by atoms with E-state index < -0.39 is 5.60 Å². The number of hydrogen-bond donors (Lipinski definition) is 3. The number of likely N-dealkylation sites (N-methyl/N-ethyl adjacent to an activating group) is 1. The molecule has 1 aliphatic heterocycles. The molecule has 2 aliphatic rings. The Labute approximate surface area is 160 Å². The van der Waals surface area contributed by atoms with Crippen LogP contribution in [-0.4, -0.2) is 72.2 Å². The van der Waals surface area contributed by atoms with Gasteiger partial charge in [0.05, 0.1) is 5.60 Å². The van der Waals surface area contributed by atoms with Crippen LogP contribution in [0.15, 0.2) is 24.3 Å². The third-order valence-electron chi connectivity index (χ3n) is 5.52. The number of nitrogens with one attached hydrogen (secondary N) is 2. The van der Waals surface area contributed by atoms with E-state index in [-0.39, 0.29) is 18.5 Å². The molecule has 1 aliphatic carbocycles. The Morgan fingerprint density at radius 2 is 1.81 bits per heavy atom. The second-order valence-electron chi connectivity index (χ2n) is 7.77. The van der Waals surface area contributed by atoms with Gasteiger partial charge in [-0.15, -0.1) is 0 Å². The Morgan fingerprint density at radius 3 is 2.52 bits per heavy atom. The molecule has 0 radical (unpaired) electrons. The molecule has 7 heteroatoms. The second-order valence-corrected chi connectivity index (χ2v) is 7.77. The van der Waals surface area contributed by atoms with Crippen LogP contribution in [0.4, 0.5) is 10.5 Å². The van der Waals surface area contributed by atoms with E-state index >= 15 is 0 Å². The van der Waals surface area contributed by atoms with Crippen molar-refractivity contribution in [2.45, 2.75) is 37.7 Å². The second kappa shape index (κ2) is 8.71. The summed E-state index contributed by atoms with van der Waals surface area (Å²) in [5.41, 5.74) is 0.348. The normalized spacial score (nSPS) is 20.1. The van der Waals surface area contributed by atoms with Gasteiger partial charge in [0.25, 0.3) is 5.91 Å². The molecule has 0 atom stereocenters. The van der Waals surface area contributed by atoms with E-state index in [1.54, 1.807) is 24.3 Å². The maximum Gasteiger partial charge on any atom is 0.319 e. The van der Waals surface area contributed by atoms with E-state index in [0.717, 1.165) is 45.2 Å². The lowest BCUT2D eigenvalue weighted by molar-refractivity contribution is 0.00755. The average Bonchev–Trinajstić information content (AvgIpc) is 2.67. The topological polar surface area (TPSA) is 84.9 Å². The number of aliphatic hydroxyl groups is 1. The van der Waals surface area contributed by atoms with Gasteiger partial charge in [0, 0.05) is 44.0 Å². The largest absolute Gasteiger partial charge is 0.388 e. The Morgan fingerprint density at radius 1 is 1.11 bits per heavy atom. The highest BCUT2D eigenvalue weighted by Crippen LogP contribution is 2.27. The minimum atomic E-state index is -0.797. The minimum Gasteiger partial charge on any atom is -0.388 e. The summed E-state index contributed by atoms with van der Waals surface area (Å²) >= 11 is 0. The van der Waals surface area contributed by atoms with Crippen molar-refractivity contribution >= 4 is 17.6 Å². The monoisotopic (exact) mass is 374 g/mol. The molecule has 3 amide bonds. The van der Waals surface area contributed by atoms with Gasteiger partial charge in [-0.2, -0.15) is 0 Å². The van der Waals surface area contributed by atoms with Crippen molar-refractivity contribution in [3.8, 4) is 0 Å². The minimum absolute atomic E-state index is 0.0105. The zero-order chi connectivity index (χ0) is 19.3. The first-order valence-electron chi connectivity index (χ1n) is 9.80. The van der Waals surface area contributed by atoms with E-state index in [0.29, 0.717) is 24.3 Å². The number of benzene rings is 1. The molecule has 27 heavy (non-hydrogen) atoms. The van der Waals surface area contributed by atoms with Crippen molar-refractivity contribution in [1.29, 1.82) is 0 Å². The lowest BCUT2D eigenvalue weighted by Crippen LogP contribution is -2.47. The number of carbonyl (C=O) groups excluding carboxylic acids is 2. The van der Waals surface area contributed by atoms with Crippen molar-refractivity contribution in [2.24, 2.45) is 0 Å². The first kappa shape index (κ1) is 19.6. The standard InChI is InChI=1S/C20H30N4O3/c1-23-10-12-24(13-11-23)18(25)16-6-5-7-17(14-16)22-19(26)21-15-20(27)8-3-2-4-9-20/h5-7,14,27H,2-4,8-13,15H2,1H3,(H2,21,22,26). The van der Waals surface area contributed by atoms with Gasteiger partial charge in [0.1, 0.15) is 0 Å². The summed E-state index contributed by atoms with van der Waals surface area (Å²) in [5, 5.41) is 16.0. The van der Waals surface area contributed by atoms with E-state index in [2.05, 4.69) is 22.6 Å². The van der Waals surface area contributed by atoms with Crippen LogP contribution in [0.5, 0.6) is 0 Å². The van der Waals surface area contributed by atoms with Gasteiger partial charge in [-0.1, -0.05) is 25.3 Å². The van der Waals surface area contributed by atoms with Crippen LogP contribution in [-0.2, 0) is 0 Å². The molecule has 3 rings (SSSR count). The Balaban J connectivity index is 1.53. The van der Waals surface area contributed by atoms with E-state index in [1.807, 2.05) is 4.90 Å². The molecule has 148 valence electrons. The van der Waals surface area contributed by atoms with Crippen LogP contribution in [0, 0.1) is 0 Å². The Hall–Kier alpha value is -2.12. The summed E-state index contributed by atoms with van der Waals surface area (Å²) in [5.74, 6) is -0.0105. The van der Waals surface area contributed by atoms with E-state index in [9.17, 15) is 14.7 Å². The first-order valence-corrected chi connectivity index (χ1v) is 9.80. The Bertz CT molecular complexity index is 665. The molecule has 0 bridgehead atoms. The van der Waals surface area contributed by atoms with Gasteiger partial charge in [-0.25, -0.2) is 4.79 Å². The van der Waals surface area contributed by atoms with Gasteiger partial charge in [0.15, 0.2) is 0 Å². The van der Waals surface area contributed by atoms with Crippen LogP contribution in [0.3, 0.4) is 0 Å². The highest BCUT2D eigenvalue weighted by molar-refractivity contribution is 5.97. The number of urea groups is 1. The summed E-state index contributed by atoms with van der Waals surface area (Å²) in [6.45, 7) is 3.42. The molecule has 1 saturated heterocycles. The highest BCUT2D eigenvalue weighted by atomic mass is 16.3. The smallest absolute Gasteiger partial charge is 0.319 e. The number of nitrogens with zero attached hydrogens (tertiary/aromatic N) is 2. The molecule has 1 aromatic carbocycles. The van der Waals surface area contributed by atoms with Gasteiger partial charge in [0.2, 0.25) is 0 Å². The summed E-state index contributed by atoms with van der Waals surface area (Å²) < 4.78 is 0. The lowest BCUT2D eigenvalue weighted by Gasteiger charge is -2.32. The fraction of sp³-hybridized carbons (Fsp3) is 0.600. The van der Waals surface area contributed by atoms with E-state index in [1.165, 1.54) is 0 Å². The third kappa shape index (κ3) is 5.43. The summed E-state index contributed by atoms with van der Waals surface area (Å²) in [4.78, 5) is 28.9. The molecule has 2 fully saturated rings. The van der Waals surface area contributed by atoms with Crippen LogP contribution in [0.25, 0.3) is 0 Å². The number of rotatable bonds is 4. The molecule has 1 aromatic rings. The van der Waals surface area contributed by atoms with Crippen molar-refractivity contribution in [1.82, 2.24) is 15.1 Å². The van der Waals surface area contributed by atoms with Gasteiger partial charge < -0.3 is 25.5 Å². The van der Waals surface area contributed by atoms with Crippen molar-refractivity contribution in [3.05, 3.63) is 29.8 Å². The number of anilines is 1. The first-order chi connectivity index (χ1) is 13.0. The van der Waals surface area contributed by atoms with Crippen LogP contribution in [0.1, 0.15) is 42.5 Å². The van der Waals surface area contributed by atoms with Crippen molar-refractivity contribution in [2.75, 3.05) is 45.1 Å². The number of piperazine rings is 1. The van der Waals surface area contributed by atoms with Gasteiger partial charge in [-0.05, 0) is 38.1 Å². The summed E-state index contributed by atoms with van der Waals surface area (Å²) in [6.07, 6.45) is 4.58. The van der Waals surface area contributed by atoms with Crippen molar-refractivity contribution in [3.63, 3.8) is 0 Å². The molecule has 0 aromatic heterocycles. The maximum atomic E-state index is 12.7. The maximum absolute atomic E-state index is 12.7. The number of carbonyl (C=O) groups is 2. The zero-order valence-electron chi connectivity index (χ0n) is 16.0. The highest BCUT2D eigenvalue weighted by Gasteiger charge is 2.29. The van der Waals surface area contributed by atoms with Crippen LogP contribution in [0.2, 0.25) is 0 Å². The zero-order valence-corrected chi connectivity index (χ0v) is 16.0. The molecule has 1 heterocycles. The van der Waals surface area contributed by atoms with Crippen LogP contribution >= 0.6 is 0 Å². The molecule has 7 nitrogen and oxygen atoms in total. The molecule has 3 N–H and O–H groups in total. The Kier molecular flexibility index (Phi) is 6.34. The molecule has 0 spiro atoms. The SMILES string of the molecule is CN1CCN(C(=O)c2cccc(NC(=O)NCC3(O)CCCCC3)c2)CC1. The molecule has 0 unspecified atom stereocenters. The molecule has 1 saturated carbocycles. The number of amides is 3. The fourth-order valence-corrected chi connectivity index (χ4v) is 3.73. The molecular weight excluding hydrogens is 344 g/mol. The quantitative estimate of drug-likeness (QED) is 0.751. The van der Waals surface area contributed by atoms with E-state index in [4.69, 9.17) is 0 Å². The molecular formula is C20H30N4O3. The lowest BCUT2D eigenvalue weighted by atomic mass is 9.85. The third-order valence-corrected chi connectivity index (χ3v) is 5.52.